The number of carbonyl (C=O) groups is 1. The summed E-state index contributed by atoms with van der Waals surface area (Å²) in [6.45, 7) is 4.96. The highest BCUT2D eigenvalue weighted by atomic mass is 32.2. The van der Waals surface area contributed by atoms with Crippen molar-refractivity contribution in [1.82, 2.24) is 9.62 Å². The molecule has 0 spiro atoms. The Bertz CT molecular complexity index is 844. The third-order valence-corrected chi connectivity index (χ3v) is 6.23. The summed E-state index contributed by atoms with van der Waals surface area (Å²) < 4.78 is 26.6. The summed E-state index contributed by atoms with van der Waals surface area (Å²) in [5.74, 6) is -0.0988. The highest BCUT2D eigenvalue weighted by molar-refractivity contribution is 7.89. The van der Waals surface area contributed by atoms with Gasteiger partial charge in [0.2, 0.25) is 10.0 Å². The van der Waals surface area contributed by atoms with Crippen molar-refractivity contribution in [3.8, 4) is 0 Å². The van der Waals surface area contributed by atoms with Crippen LogP contribution in [0.4, 0.5) is 0 Å². The molecule has 2 aromatic rings. The lowest BCUT2D eigenvalue weighted by molar-refractivity contribution is 0.0953. The first-order valence-electron chi connectivity index (χ1n) is 9.24. The predicted octanol–water partition coefficient (Wildman–Crippen LogP) is 3.74. The van der Waals surface area contributed by atoms with Crippen LogP contribution in [0.25, 0.3) is 0 Å². The number of carbonyl (C=O) groups excluding carboxylic acids is 1. The molecule has 0 saturated carbocycles. The second-order valence-electron chi connectivity index (χ2n) is 6.73. The van der Waals surface area contributed by atoms with Crippen LogP contribution in [0.3, 0.4) is 0 Å². The van der Waals surface area contributed by atoms with Crippen LogP contribution in [0.15, 0.2) is 53.4 Å². The van der Waals surface area contributed by atoms with Gasteiger partial charge in [-0.15, -0.1) is 0 Å². The van der Waals surface area contributed by atoms with E-state index in [1.807, 2.05) is 6.92 Å². The van der Waals surface area contributed by atoms with Gasteiger partial charge < -0.3 is 5.32 Å². The van der Waals surface area contributed by atoms with Crippen LogP contribution in [0.2, 0.25) is 0 Å². The summed E-state index contributed by atoms with van der Waals surface area (Å²) in [5.41, 5.74) is 2.43. The minimum absolute atomic E-state index is 0.0988. The molecular formula is C21H28N2O3S. The predicted molar refractivity (Wildman–Crippen MR) is 108 cm³/mol. The van der Waals surface area contributed by atoms with Gasteiger partial charge in [-0.25, -0.2) is 8.42 Å². The van der Waals surface area contributed by atoms with Crippen molar-refractivity contribution < 1.29 is 13.2 Å². The normalized spacial score (nSPS) is 11.6. The Morgan fingerprint density at radius 3 is 2.22 bits per heavy atom. The van der Waals surface area contributed by atoms with Crippen molar-refractivity contribution in [2.75, 3.05) is 13.6 Å². The van der Waals surface area contributed by atoms with Gasteiger partial charge in [-0.3, -0.25) is 4.79 Å². The standard InChI is InChI=1S/C21H28N2O3S/c1-4-5-6-15-22-21(24)19-11-9-18(10-12-19)16-23(3)27(25,26)20-13-7-17(2)8-14-20/h7-14H,4-6,15-16H2,1-3H3,(H,22,24). The van der Waals surface area contributed by atoms with Gasteiger partial charge >= 0.3 is 0 Å². The fraction of sp³-hybridized carbons (Fsp3) is 0.381. The van der Waals surface area contributed by atoms with Gasteiger partial charge in [0.05, 0.1) is 4.90 Å². The Morgan fingerprint density at radius 1 is 1.00 bits per heavy atom. The molecule has 146 valence electrons. The summed E-state index contributed by atoms with van der Waals surface area (Å²) >= 11 is 0. The topological polar surface area (TPSA) is 66.5 Å². The van der Waals surface area contributed by atoms with Crippen LogP contribution in [-0.4, -0.2) is 32.2 Å². The van der Waals surface area contributed by atoms with Gasteiger partial charge in [0, 0.05) is 25.7 Å². The molecule has 0 unspecified atom stereocenters. The number of rotatable bonds is 9. The fourth-order valence-corrected chi connectivity index (χ4v) is 3.83. The Labute approximate surface area is 162 Å². The number of nitrogens with zero attached hydrogens (tertiary/aromatic N) is 1. The molecule has 0 fully saturated rings. The molecule has 27 heavy (non-hydrogen) atoms. The molecule has 2 aromatic carbocycles. The van der Waals surface area contributed by atoms with E-state index in [4.69, 9.17) is 0 Å². The number of amides is 1. The van der Waals surface area contributed by atoms with Crippen molar-refractivity contribution in [2.24, 2.45) is 0 Å². The summed E-state index contributed by atoms with van der Waals surface area (Å²) in [7, 11) is -1.98. The number of benzene rings is 2. The molecule has 0 heterocycles. The summed E-state index contributed by atoms with van der Waals surface area (Å²) in [6.07, 6.45) is 3.19. The molecule has 0 saturated heterocycles. The van der Waals surface area contributed by atoms with Crippen molar-refractivity contribution in [3.63, 3.8) is 0 Å². The molecule has 0 radical (unpaired) electrons. The molecular weight excluding hydrogens is 360 g/mol. The average molecular weight is 389 g/mol. The van der Waals surface area contributed by atoms with Crippen LogP contribution in [0, 0.1) is 6.92 Å². The molecule has 2 rings (SSSR count). The highest BCUT2D eigenvalue weighted by Crippen LogP contribution is 2.17. The lowest BCUT2D eigenvalue weighted by Gasteiger charge is -2.17. The van der Waals surface area contributed by atoms with Crippen LogP contribution in [0.5, 0.6) is 0 Å². The average Bonchev–Trinajstić information content (AvgIpc) is 2.66. The molecule has 6 heteroatoms. The smallest absolute Gasteiger partial charge is 0.251 e. The summed E-state index contributed by atoms with van der Waals surface area (Å²) in [6, 6.07) is 13.9. The SMILES string of the molecule is CCCCCNC(=O)c1ccc(CN(C)S(=O)(=O)c2ccc(C)cc2)cc1. The van der Waals surface area contributed by atoms with Crippen molar-refractivity contribution >= 4 is 15.9 Å². The Balaban J connectivity index is 1.99. The van der Waals surface area contributed by atoms with Crippen molar-refractivity contribution in [2.45, 2.75) is 44.6 Å². The van der Waals surface area contributed by atoms with Crippen LogP contribution in [-0.2, 0) is 16.6 Å². The van der Waals surface area contributed by atoms with E-state index < -0.39 is 10.0 Å². The van der Waals surface area contributed by atoms with Gasteiger partial charge in [-0.1, -0.05) is 49.6 Å². The number of hydrogen-bond donors (Lipinski definition) is 1. The zero-order chi connectivity index (χ0) is 19.9. The van der Waals surface area contributed by atoms with E-state index in [0.717, 1.165) is 30.4 Å². The molecule has 0 bridgehead atoms. The van der Waals surface area contributed by atoms with E-state index in [9.17, 15) is 13.2 Å². The molecule has 0 aromatic heterocycles. The molecule has 0 aliphatic rings. The quantitative estimate of drug-likeness (QED) is 0.666. The first-order valence-corrected chi connectivity index (χ1v) is 10.7. The minimum atomic E-state index is -3.54. The summed E-state index contributed by atoms with van der Waals surface area (Å²) in [5, 5.41) is 2.90. The van der Waals surface area contributed by atoms with Gasteiger partial charge in [0.25, 0.3) is 5.91 Å². The van der Waals surface area contributed by atoms with Gasteiger partial charge in [-0.05, 0) is 43.2 Å². The molecule has 1 amide bonds. The lowest BCUT2D eigenvalue weighted by Crippen LogP contribution is -2.27. The number of aryl methyl sites for hydroxylation is 1. The van der Waals surface area contributed by atoms with Crippen LogP contribution in [0.1, 0.15) is 47.7 Å². The molecule has 0 aliphatic heterocycles. The van der Waals surface area contributed by atoms with Crippen LogP contribution < -0.4 is 5.32 Å². The zero-order valence-corrected chi connectivity index (χ0v) is 17.1. The highest BCUT2D eigenvalue weighted by Gasteiger charge is 2.20. The second-order valence-corrected chi connectivity index (χ2v) is 8.78. The van der Waals surface area contributed by atoms with E-state index in [0.29, 0.717) is 12.1 Å². The molecule has 0 aliphatic carbocycles. The van der Waals surface area contributed by atoms with Gasteiger partial charge in [0.15, 0.2) is 0 Å². The Morgan fingerprint density at radius 2 is 1.63 bits per heavy atom. The van der Waals surface area contributed by atoms with E-state index in [1.165, 1.54) is 4.31 Å². The summed E-state index contributed by atoms with van der Waals surface area (Å²) in [4.78, 5) is 12.4. The van der Waals surface area contributed by atoms with Crippen molar-refractivity contribution in [1.29, 1.82) is 0 Å². The van der Waals surface area contributed by atoms with Crippen molar-refractivity contribution in [3.05, 3.63) is 65.2 Å². The third-order valence-electron chi connectivity index (χ3n) is 4.42. The fourth-order valence-electron chi connectivity index (χ4n) is 2.67. The first kappa shape index (κ1) is 21.1. The number of sulfonamides is 1. The first-order chi connectivity index (χ1) is 12.8. The number of hydrogen-bond acceptors (Lipinski definition) is 3. The maximum absolute atomic E-state index is 12.7. The largest absolute Gasteiger partial charge is 0.352 e. The van der Waals surface area contributed by atoms with E-state index in [1.54, 1.807) is 55.6 Å². The minimum Gasteiger partial charge on any atom is -0.352 e. The molecule has 0 atom stereocenters. The van der Waals surface area contributed by atoms with E-state index in [-0.39, 0.29) is 17.3 Å². The van der Waals surface area contributed by atoms with Crippen LogP contribution >= 0.6 is 0 Å². The van der Waals surface area contributed by atoms with E-state index >= 15 is 0 Å². The maximum atomic E-state index is 12.7. The third kappa shape index (κ3) is 5.91. The lowest BCUT2D eigenvalue weighted by atomic mass is 10.1. The van der Waals surface area contributed by atoms with Gasteiger partial charge in [-0.2, -0.15) is 4.31 Å². The number of nitrogens with one attached hydrogen (secondary N) is 1. The monoisotopic (exact) mass is 388 g/mol. The maximum Gasteiger partial charge on any atom is 0.251 e. The second kappa shape index (κ2) is 9.67. The molecule has 5 nitrogen and oxygen atoms in total. The van der Waals surface area contributed by atoms with E-state index in [2.05, 4.69) is 12.2 Å². The Kier molecular flexibility index (Phi) is 7.56. The Hall–Kier alpha value is -2.18. The number of unbranched alkanes of at least 4 members (excludes halogenated alkanes) is 2. The molecule has 1 N–H and O–H groups in total. The van der Waals surface area contributed by atoms with Gasteiger partial charge in [0.1, 0.15) is 0 Å². The zero-order valence-electron chi connectivity index (χ0n) is 16.2.